The third kappa shape index (κ3) is 3.31. The Kier molecular flexibility index (Phi) is 5.06. The fourth-order valence-corrected chi connectivity index (χ4v) is 5.71. The standard InChI is InChI=1S/C23H27N5OS/c1-15(2)28-22(29)20-16-8-3-6-11-19(16)30-21(20)26-23(28)24-12-7-13-27-14-25-17-9-4-5-10-18(17)27/h4-5,9-10,14-15H,3,6-8,11-13H2,1-2H3,(H,24,26). The molecule has 0 atom stereocenters. The van der Waals surface area contributed by atoms with Crippen LogP contribution in [0.1, 0.15) is 49.6 Å². The van der Waals surface area contributed by atoms with Crippen LogP contribution in [-0.2, 0) is 19.4 Å². The minimum Gasteiger partial charge on any atom is -0.355 e. The van der Waals surface area contributed by atoms with Gasteiger partial charge in [0.05, 0.1) is 22.7 Å². The average Bonchev–Trinajstić information content (AvgIpc) is 3.32. The van der Waals surface area contributed by atoms with Crippen molar-refractivity contribution < 1.29 is 0 Å². The number of thiophene rings is 1. The molecule has 30 heavy (non-hydrogen) atoms. The Morgan fingerprint density at radius 2 is 2.03 bits per heavy atom. The number of hydrogen-bond acceptors (Lipinski definition) is 5. The highest BCUT2D eigenvalue weighted by molar-refractivity contribution is 7.18. The number of nitrogens with one attached hydrogen (secondary N) is 1. The van der Waals surface area contributed by atoms with E-state index in [1.165, 1.54) is 23.3 Å². The van der Waals surface area contributed by atoms with Crippen LogP contribution in [0, 0.1) is 0 Å². The summed E-state index contributed by atoms with van der Waals surface area (Å²) in [6.07, 6.45) is 7.30. The molecule has 6 nitrogen and oxygen atoms in total. The van der Waals surface area contributed by atoms with E-state index in [0.29, 0.717) is 5.95 Å². The van der Waals surface area contributed by atoms with Crippen molar-refractivity contribution in [2.75, 3.05) is 11.9 Å². The molecule has 0 radical (unpaired) electrons. The number of para-hydroxylation sites is 2. The zero-order chi connectivity index (χ0) is 20.7. The number of benzene rings is 1. The molecule has 1 aromatic carbocycles. The number of fused-ring (bicyclic) bond motifs is 4. The Hall–Kier alpha value is -2.67. The van der Waals surface area contributed by atoms with E-state index in [4.69, 9.17) is 4.98 Å². The highest BCUT2D eigenvalue weighted by Crippen LogP contribution is 2.34. The Labute approximate surface area is 179 Å². The predicted octanol–water partition coefficient (Wildman–Crippen LogP) is 4.77. The van der Waals surface area contributed by atoms with Crippen molar-refractivity contribution in [1.82, 2.24) is 19.1 Å². The van der Waals surface area contributed by atoms with Crippen LogP contribution in [0.2, 0.25) is 0 Å². The van der Waals surface area contributed by atoms with Crippen molar-refractivity contribution in [3.8, 4) is 0 Å². The van der Waals surface area contributed by atoms with Crippen LogP contribution < -0.4 is 10.9 Å². The topological polar surface area (TPSA) is 64.7 Å². The van der Waals surface area contributed by atoms with E-state index < -0.39 is 0 Å². The maximum atomic E-state index is 13.4. The van der Waals surface area contributed by atoms with Gasteiger partial charge in [-0.1, -0.05) is 12.1 Å². The monoisotopic (exact) mass is 421 g/mol. The van der Waals surface area contributed by atoms with Crippen molar-refractivity contribution in [2.24, 2.45) is 0 Å². The molecule has 0 saturated carbocycles. The van der Waals surface area contributed by atoms with Gasteiger partial charge >= 0.3 is 0 Å². The second-order valence-corrected chi connectivity index (χ2v) is 9.39. The number of aryl methyl sites for hydroxylation is 3. The molecule has 4 aromatic rings. The van der Waals surface area contributed by atoms with Crippen LogP contribution in [0.5, 0.6) is 0 Å². The van der Waals surface area contributed by atoms with E-state index in [2.05, 4.69) is 34.8 Å². The highest BCUT2D eigenvalue weighted by atomic mass is 32.1. The molecule has 1 N–H and O–H groups in total. The van der Waals surface area contributed by atoms with Gasteiger partial charge in [0.1, 0.15) is 4.83 Å². The maximum absolute atomic E-state index is 13.4. The predicted molar refractivity (Wildman–Crippen MR) is 124 cm³/mol. The lowest BCUT2D eigenvalue weighted by Gasteiger charge is -2.17. The Morgan fingerprint density at radius 3 is 2.90 bits per heavy atom. The fraction of sp³-hybridized carbons (Fsp3) is 0.435. The van der Waals surface area contributed by atoms with E-state index in [0.717, 1.165) is 53.6 Å². The van der Waals surface area contributed by atoms with Gasteiger partial charge < -0.3 is 9.88 Å². The lowest BCUT2D eigenvalue weighted by Crippen LogP contribution is -2.27. The van der Waals surface area contributed by atoms with Crippen molar-refractivity contribution in [3.63, 3.8) is 0 Å². The van der Waals surface area contributed by atoms with Gasteiger partial charge in [-0.2, -0.15) is 0 Å². The summed E-state index contributed by atoms with van der Waals surface area (Å²) in [6.45, 7) is 5.73. The average molecular weight is 422 g/mol. The summed E-state index contributed by atoms with van der Waals surface area (Å²) >= 11 is 1.71. The first-order valence-corrected chi connectivity index (χ1v) is 11.7. The van der Waals surface area contributed by atoms with E-state index in [1.54, 1.807) is 11.3 Å². The van der Waals surface area contributed by atoms with Gasteiger partial charge in [0.2, 0.25) is 5.95 Å². The van der Waals surface area contributed by atoms with Crippen LogP contribution in [0.25, 0.3) is 21.3 Å². The third-order valence-corrected chi connectivity index (χ3v) is 7.11. The number of imidazole rings is 1. The lowest BCUT2D eigenvalue weighted by molar-refractivity contribution is 0.576. The lowest BCUT2D eigenvalue weighted by atomic mass is 9.97. The van der Waals surface area contributed by atoms with Crippen LogP contribution in [0.15, 0.2) is 35.4 Å². The summed E-state index contributed by atoms with van der Waals surface area (Å²) in [6, 6.07) is 8.25. The van der Waals surface area contributed by atoms with Gasteiger partial charge in [0, 0.05) is 24.0 Å². The summed E-state index contributed by atoms with van der Waals surface area (Å²) in [5.41, 5.74) is 3.54. The molecule has 0 amide bonds. The molecule has 0 spiro atoms. The van der Waals surface area contributed by atoms with E-state index in [9.17, 15) is 4.79 Å². The summed E-state index contributed by atoms with van der Waals surface area (Å²) in [5, 5.41) is 4.30. The van der Waals surface area contributed by atoms with Gasteiger partial charge in [-0.15, -0.1) is 11.3 Å². The van der Waals surface area contributed by atoms with Crippen molar-refractivity contribution in [3.05, 3.63) is 51.4 Å². The van der Waals surface area contributed by atoms with E-state index in [1.807, 2.05) is 29.1 Å². The zero-order valence-corrected chi connectivity index (χ0v) is 18.3. The molecule has 0 saturated heterocycles. The number of rotatable bonds is 6. The van der Waals surface area contributed by atoms with Crippen LogP contribution in [0.3, 0.4) is 0 Å². The zero-order valence-electron chi connectivity index (χ0n) is 17.5. The molecule has 0 unspecified atom stereocenters. The van der Waals surface area contributed by atoms with Gasteiger partial charge in [0.25, 0.3) is 5.56 Å². The molecule has 156 valence electrons. The fourth-order valence-electron chi connectivity index (χ4n) is 4.46. The SMILES string of the molecule is CC(C)n1c(NCCCn2cnc3ccccc32)nc2sc3c(c2c1=O)CCCC3. The number of nitrogens with zero attached hydrogens (tertiary/aromatic N) is 4. The Morgan fingerprint density at radius 1 is 1.20 bits per heavy atom. The molecule has 0 aliphatic heterocycles. The largest absolute Gasteiger partial charge is 0.355 e. The van der Waals surface area contributed by atoms with Crippen molar-refractivity contribution >= 4 is 38.5 Å². The first kappa shape index (κ1) is 19.3. The van der Waals surface area contributed by atoms with E-state index >= 15 is 0 Å². The first-order valence-electron chi connectivity index (χ1n) is 10.8. The smallest absolute Gasteiger partial charge is 0.264 e. The second kappa shape index (κ2) is 7.87. The number of aromatic nitrogens is 4. The molecule has 1 aliphatic rings. The normalized spacial score (nSPS) is 14.0. The minimum absolute atomic E-state index is 0.0635. The Balaban J connectivity index is 1.38. The van der Waals surface area contributed by atoms with Crippen molar-refractivity contribution in [2.45, 2.75) is 58.5 Å². The minimum atomic E-state index is 0.0635. The molecule has 7 heteroatoms. The van der Waals surface area contributed by atoms with Crippen LogP contribution >= 0.6 is 11.3 Å². The van der Waals surface area contributed by atoms with Gasteiger partial charge in [-0.25, -0.2) is 9.97 Å². The summed E-state index contributed by atoms with van der Waals surface area (Å²) in [4.78, 5) is 25.0. The molecule has 0 fully saturated rings. The van der Waals surface area contributed by atoms with Crippen LogP contribution in [0.4, 0.5) is 5.95 Å². The number of anilines is 1. The quantitative estimate of drug-likeness (QED) is 0.456. The van der Waals surface area contributed by atoms with E-state index in [-0.39, 0.29) is 11.6 Å². The van der Waals surface area contributed by atoms with Gasteiger partial charge in [-0.3, -0.25) is 9.36 Å². The number of hydrogen-bond donors (Lipinski definition) is 1. The summed E-state index contributed by atoms with van der Waals surface area (Å²) in [5.74, 6) is 0.691. The summed E-state index contributed by atoms with van der Waals surface area (Å²) < 4.78 is 4.01. The highest BCUT2D eigenvalue weighted by Gasteiger charge is 2.22. The molecule has 1 aliphatic carbocycles. The molecular formula is C23H27N5OS. The molecule has 5 rings (SSSR count). The van der Waals surface area contributed by atoms with Gasteiger partial charge in [-0.05, 0) is 63.6 Å². The van der Waals surface area contributed by atoms with Crippen molar-refractivity contribution in [1.29, 1.82) is 0 Å². The molecule has 3 heterocycles. The molecular weight excluding hydrogens is 394 g/mol. The van der Waals surface area contributed by atoms with Crippen LogP contribution in [-0.4, -0.2) is 25.6 Å². The van der Waals surface area contributed by atoms with Gasteiger partial charge in [0.15, 0.2) is 0 Å². The third-order valence-electron chi connectivity index (χ3n) is 5.92. The summed E-state index contributed by atoms with van der Waals surface area (Å²) in [7, 11) is 0. The maximum Gasteiger partial charge on any atom is 0.264 e. The first-order chi connectivity index (χ1) is 14.6. The molecule has 0 bridgehead atoms. The second-order valence-electron chi connectivity index (χ2n) is 8.30. The Bertz CT molecular complexity index is 1270. The molecule has 3 aromatic heterocycles.